The van der Waals surface area contributed by atoms with Crippen molar-refractivity contribution < 1.29 is 19.9 Å². The van der Waals surface area contributed by atoms with E-state index in [-0.39, 0.29) is 30.7 Å². The second kappa shape index (κ2) is 14.5. The Kier molecular flexibility index (Phi) is 17.7. The van der Waals surface area contributed by atoms with E-state index in [0.29, 0.717) is 12.2 Å². The molecule has 0 rings (SSSR count). The normalized spacial score (nSPS) is 14.5. The standard InChI is InChI=1S/C13H29BN2O4.2ClH/c1-10(6-8-14(19)20)4-5-11(7-9-16(2)3)12(15)13(17)18;;/h10-12,19-20H,4-9,15H2,1-3H3,(H,17,18);2*1H/t10-,11?,12?;;/m0../s1. The number of rotatable bonds is 11. The van der Waals surface area contributed by atoms with Crippen LogP contribution in [-0.4, -0.2) is 59.8 Å². The van der Waals surface area contributed by atoms with E-state index < -0.39 is 19.1 Å². The zero-order valence-corrected chi connectivity index (χ0v) is 15.3. The number of aliphatic carboxylic acids is 1. The fourth-order valence-corrected chi connectivity index (χ4v) is 2.21. The molecule has 0 amide bonds. The van der Waals surface area contributed by atoms with Gasteiger partial charge in [-0.1, -0.05) is 19.8 Å². The van der Waals surface area contributed by atoms with Gasteiger partial charge in [0.25, 0.3) is 0 Å². The van der Waals surface area contributed by atoms with Gasteiger partial charge in [-0.15, -0.1) is 24.8 Å². The molecule has 22 heavy (non-hydrogen) atoms. The number of nitrogens with two attached hydrogens (primary N) is 1. The first kappa shape index (κ1) is 26.8. The fraction of sp³-hybridized carbons (Fsp3) is 0.923. The summed E-state index contributed by atoms with van der Waals surface area (Å²) in [5, 5.41) is 26.7. The minimum absolute atomic E-state index is 0. The largest absolute Gasteiger partial charge is 0.480 e. The third-order valence-electron chi connectivity index (χ3n) is 3.69. The smallest absolute Gasteiger partial charge is 0.451 e. The lowest BCUT2D eigenvalue weighted by Gasteiger charge is -2.24. The zero-order chi connectivity index (χ0) is 15.7. The van der Waals surface area contributed by atoms with Crippen molar-refractivity contribution in [2.24, 2.45) is 17.6 Å². The molecule has 0 aromatic rings. The molecule has 0 heterocycles. The van der Waals surface area contributed by atoms with Crippen molar-refractivity contribution in [2.45, 2.75) is 45.0 Å². The summed E-state index contributed by atoms with van der Waals surface area (Å²) in [4.78, 5) is 13.1. The summed E-state index contributed by atoms with van der Waals surface area (Å²) in [6.07, 6.45) is 3.44. The number of carboxylic acids is 1. The Morgan fingerprint density at radius 2 is 1.68 bits per heavy atom. The third kappa shape index (κ3) is 13.6. The van der Waals surface area contributed by atoms with Gasteiger partial charge in [-0.3, -0.25) is 4.79 Å². The molecule has 0 saturated carbocycles. The molecule has 9 heteroatoms. The summed E-state index contributed by atoms with van der Waals surface area (Å²) < 4.78 is 0. The van der Waals surface area contributed by atoms with E-state index in [9.17, 15) is 4.79 Å². The van der Waals surface area contributed by atoms with Crippen molar-refractivity contribution in [1.29, 1.82) is 0 Å². The van der Waals surface area contributed by atoms with Crippen LogP contribution in [0, 0.1) is 11.8 Å². The van der Waals surface area contributed by atoms with Crippen molar-refractivity contribution in [3.63, 3.8) is 0 Å². The third-order valence-corrected chi connectivity index (χ3v) is 3.69. The topological polar surface area (TPSA) is 107 Å². The number of hydrogen-bond acceptors (Lipinski definition) is 5. The minimum Gasteiger partial charge on any atom is -0.480 e. The Morgan fingerprint density at radius 1 is 1.14 bits per heavy atom. The second-order valence-electron chi connectivity index (χ2n) is 5.96. The molecule has 6 nitrogen and oxygen atoms in total. The molecule has 0 aliphatic carbocycles. The second-order valence-corrected chi connectivity index (χ2v) is 5.96. The molecule has 0 aliphatic heterocycles. The quantitative estimate of drug-likeness (QED) is 0.411. The van der Waals surface area contributed by atoms with E-state index in [4.69, 9.17) is 20.9 Å². The maximum atomic E-state index is 11.0. The van der Waals surface area contributed by atoms with Crippen LogP contribution in [0.4, 0.5) is 0 Å². The maximum Gasteiger partial charge on any atom is 0.451 e. The summed E-state index contributed by atoms with van der Waals surface area (Å²) in [6, 6.07) is -0.828. The molecule has 0 aromatic heterocycles. The van der Waals surface area contributed by atoms with Crippen LogP contribution in [0.25, 0.3) is 0 Å². The Labute approximate surface area is 146 Å². The van der Waals surface area contributed by atoms with Gasteiger partial charge in [0.15, 0.2) is 0 Å². The minimum atomic E-state index is -1.26. The number of carbonyl (C=O) groups is 1. The van der Waals surface area contributed by atoms with Gasteiger partial charge in [-0.2, -0.15) is 0 Å². The van der Waals surface area contributed by atoms with Crippen LogP contribution < -0.4 is 5.73 Å². The molecule has 5 N–H and O–H groups in total. The summed E-state index contributed by atoms with van der Waals surface area (Å²) >= 11 is 0. The summed E-state index contributed by atoms with van der Waals surface area (Å²) in [5.41, 5.74) is 5.76. The van der Waals surface area contributed by atoms with Crippen LogP contribution in [0.3, 0.4) is 0 Å². The lowest BCUT2D eigenvalue weighted by molar-refractivity contribution is -0.140. The van der Waals surface area contributed by atoms with Crippen molar-refractivity contribution in [1.82, 2.24) is 4.90 Å². The van der Waals surface area contributed by atoms with E-state index in [1.165, 1.54) is 0 Å². The van der Waals surface area contributed by atoms with E-state index >= 15 is 0 Å². The van der Waals surface area contributed by atoms with Crippen molar-refractivity contribution in [3.05, 3.63) is 0 Å². The molecule has 0 bridgehead atoms. The molecular weight excluding hydrogens is 330 g/mol. The summed E-state index contributed by atoms with van der Waals surface area (Å²) in [6.45, 7) is 2.85. The number of halogens is 2. The van der Waals surface area contributed by atoms with Gasteiger partial charge in [0, 0.05) is 0 Å². The monoisotopic (exact) mass is 360 g/mol. The van der Waals surface area contributed by atoms with Gasteiger partial charge in [0.1, 0.15) is 6.04 Å². The SMILES string of the molecule is C[C@H](CCB(O)O)CCC(CCN(C)C)C(N)C(=O)O.Cl.Cl. The van der Waals surface area contributed by atoms with Crippen LogP contribution >= 0.6 is 24.8 Å². The van der Waals surface area contributed by atoms with Gasteiger partial charge in [-0.25, -0.2) is 0 Å². The molecule has 0 saturated heterocycles. The number of nitrogens with zero attached hydrogens (tertiary/aromatic N) is 1. The summed E-state index contributed by atoms with van der Waals surface area (Å²) in [5.74, 6) is -0.664. The summed E-state index contributed by atoms with van der Waals surface area (Å²) in [7, 11) is 2.65. The molecular formula is C13H31BCl2N2O4. The number of hydrogen-bond donors (Lipinski definition) is 4. The lowest BCUT2D eigenvalue weighted by atomic mass is 9.79. The average Bonchev–Trinajstić information content (AvgIpc) is 2.35. The Morgan fingerprint density at radius 3 is 2.09 bits per heavy atom. The molecule has 0 aromatic carbocycles. The first-order valence-corrected chi connectivity index (χ1v) is 7.23. The zero-order valence-electron chi connectivity index (χ0n) is 13.6. The first-order chi connectivity index (χ1) is 9.23. The Balaban J connectivity index is -0.00000180. The molecule has 0 radical (unpaired) electrons. The fourth-order valence-electron chi connectivity index (χ4n) is 2.21. The van der Waals surface area contributed by atoms with E-state index in [0.717, 1.165) is 32.2 Å². The van der Waals surface area contributed by atoms with Crippen LogP contribution in [0.5, 0.6) is 0 Å². The Hall–Kier alpha value is -0.0451. The molecule has 0 aliphatic rings. The predicted molar refractivity (Wildman–Crippen MR) is 94.8 cm³/mol. The van der Waals surface area contributed by atoms with Crippen molar-refractivity contribution >= 4 is 37.9 Å². The van der Waals surface area contributed by atoms with E-state index in [1.54, 1.807) is 0 Å². The maximum absolute atomic E-state index is 11.0. The van der Waals surface area contributed by atoms with E-state index in [2.05, 4.69) is 0 Å². The van der Waals surface area contributed by atoms with Crippen molar-refractivity contribution in [3.8, 4) is 0 Å². The molecule has 0 fully saturated rings. The van der Waals surface area contributed by atoms with E-state index in [1.807, 2.05) is 25.9 Å². The van der Waals surface area contributed by atoms with Crippen LogP contribution in [-0.2, 0) is 4.79 Å². The molecule has 2 unspecified atom stereocenters. The van der Waals surface area contributed by atoms with Crippen LogP contribution in [0.2, 0.25) is 6.32 Å². The molecule has 134 valence electrons. The highest BCUT2D eigenvalue weighted by Gasteiger charge is 2.24. The lowest BCUT2D eigenvalue weighted by Crippen LogP contribution is -2.39. The first-order valence-electron chi connectivity index (χ1n) is 7.23. The average molecular weight is 361 g/mol. The van der Waals surface area contributed by atoms with Gasteiger partial charge in [0.2, 0.25) is 0 Å². The predicted octanol–water partition coefficient (Wildman–Crippen LogP) is 1.09. The number of carboxylic acid groups (broad SMARTS) is 1. The van der Waals surface area contributed by atoms with Crippen molar-refractivity contribution in [2.75, 3.05) is 20.6 Å². The highest BCUT2D eigenvalue weighted by molar-refractivity contribution is 6.40. The van der Waals surface area contributed by atoms with Crippen LogP contribution in [0.1, 0.15) is 32.6 Å². The Bertz CT molecular complexity index is 287. The molecule has 0 spiro atoms. The van der Waals surface area contributed by atoms with Gasteiger partial charge in [0.05, 0.1) is 0 Å². The van der Waals surface area contributed by atoms with Gasteiger partial charge < -0.3 is 25.8 Å². The van der Waals surface area contributed by atoms with Crippen LogP contribution in [0.15, 0.2) is 0 Å². The highest BCUT2D eigenvalue weighted by atomic mass is 35.5. The highest BCUT2D eigenvalue weighted by Crippen LogP contribution is 2.22. The van der Waals surface area contributed by atoms with Gasteiger partial charge >= 0.3 is 13.1 Å². The molecule has 3 atom stereocenters. The van der Waals surface area contributed by atoms with Gasteiger partial charge in [-0.05, 0) is 51.6 Å².